The number of carboxylic acid groups (broad SMARTS) is 2. The van der Waals surface area contributed by atoms with E-state index >= 15 is 0 Å². The van der Waals surface area contributed by atoms with Gasteiger partial charge in [-0.25, -0.2) is 18.0 Å². The van der Waals surface area contributed by atoms with Crippen molar-refractivity contribution in [3.8, 4) is 0 Å². The van der Waals surface area contributed by atoms with Gasteiger partial charge >= 0.3 is 11.9 Å². The SMILES string of the molecule is O=C(O)c1ccc(S(=O)(=O)Nc2cccc(C(=O)O)c2)cc1. The number of nitrogens with one attached hydrogen (secondary N) is 1. The van der Waals surface area contributed by atoms with E-state index in [4.69, 9.17) is 10.2 Å². The average molecular weight is 321 g/mol. The molecule has 0 spiro atoms. The first-order chi connectivity index (χ1) is 10.3. The first-order valence-electron chi connectivity index (χ1n) is 5.99. The van der Waals surface area contributed by atoms with Gasteiger partial charge in [0.1, 0.15) is 0 Å². The van der Waals surface area contributed by atoms with Crippen molar-refractivity contribution in [3.63, 3.8) is 0 Å². The van der Waals surface area contributed by atoms with Crippen molar-refractivity contribution in [1.29, 1.82) is 0 Å². The van der Waals surface area contributed by atoms with E-state index in [2.05, 4.69) is 4.72 Å². The summed E-state index contributed by atoms with van der Waals surface area (Å²) in [4.78, 5) is 21.5. The predicted molar refractivity (Wildman–Crippen MR) is 77.6 cm³/mol. The van der Waals surface area contributed by atoms with Gasteiger partial charge in [-0.2, -0.15) is 0 Å². The van der Waals surface area contributed by atoms with Crippen LogP contribution in [0.25, 0.3) is 0 Å². The average Bonchev–Trinajstić information content (AvgIpc) is 2.47. The molecule has 22 heavy (non-hydrogen) atoms. The number of carbonyl (C=O) groups is 2. The normalized spacial score (nSPS) is 10.9. The molecule has 0 heterocycles. The smallest absolute Gasteiger partial charge is 0.335 e. The topological polar surface area (TPSA) is 121 Å². The van der Waals surface area contributed by atoms with E-state index in [0.29, 0.717) is 0 Å². The molecule has 7 nitrogen and oxygen atoms in total. The summed E-state index contributed by atoms with van der Waals surface area (Å²) in [5.41, 5.74) is 0.00969. The fourth-order valence-corrected chi connectivity index (χ4v) is 2.76. The third-order valence-corrected chi connectivity index (χ3v) is 4.17. The van der Waals surface area contributed by atoms with Crippen LogP contribution < -0.4 is 4.72 Å². The van der Waals surface area contributed by atoms with Crippen molar-refractivity contribution in [2.24, 2.45) is 0 Å². The monoisotopic (exact) mass is 321 g/mol. The second kappa shape index (κ2) is 5.86. The summed E-state index contributed by atoms with van der Waals surface area (Å²) >= 11 is 0. The lowest BCUT2D eigenvalue weighted by Crippen LogP contribution is -2.13. The molecular formula is C14H11NO6S. The van der Waals surface area contributed by atoms with Crippen molar-refractivity contribution in [2.45, 2.75) is 4.90 Å². The van der Waals surface area contributed by atoms with Gasteiger partial charge in [0.05, 0.1) is 16.0 Å². The Kier molecular flexibility index (Phi) is 4.13. The van der Waals surface area contributed by atoms with Gasteiger partial charge in [0.15, 0.2) is 0 Å². The highest BCUT2D eigenvalue weighted by molar-refractivity contribution is 7.92. The van der Waals surface area contributed by atoms with Gasteiger partial charge in [0.25, 0.3) is 10.0 Å². The Morgan fingerprint density at radius 2 is 1.45 bits per heavy atom. The van der Waals surface area contributed by atoms with Crippen molar-refractivity contribution < 1.29 is 28.2 Å². The van der Waals surface area contributed by atoms with Crippen LogP contribution in [0.2, 0.25) is 0 Å². The molecule has 0 radical (unpaired) electrons. The Morgan fingerprint density at radius 1 is 0.864 bits per heavy atom. The fraction of sp³-hybridized carbons (Fsp3) is 0. The van der Waals surface area contributed by atoms with Gasteiger partial charge in [-0.15, -0.1) is 0 Å². The standard InChI is InChI=1S/C14H11NO6S/c16-13(17)9-4-6-12(7-5-9)22(20,21)15-11-3-1-2-10(8-11)14(18)19/h1-8,15H,(H,16,17)(H,18,19). The van der Waals surface area contributed by atoms with Crippen molar-refractivity contribution in [3.05, 3.63) is 59.7 Å². The number of carboxylic acids is 2. The second-order valence-electron chi connectivity index (χ2n) is 4.32. The molecule has 2 aromatic carbocycles. The molecule has 0 saturated carbocycles. The number of benzene rings is 2. The van der Waals surface area contributed by atoms with Crippen LogP contribution >= 0.6 is 0 Å². The molecule has 0 atom stereocenters. The van der Waals surface area contributed by atoms with Crippen LogP contribution in [0.1, 0.15) is 20.7 Å². The van der Waals surface area contributed by atoms with E-state index < -0.39 is 22.0 Å². The number of sulfonamides is 1. The molecule has 0 aromatic heterocycles. The van der Waals surface area contributed by atoms with Gasteiger partial charge in [-0.3, -0.25) is 4.72 Å². The Hall–Kier alpha value is -2.87. The van der Waals surface area contributed by atoms with E-state index in [1.54, 1.807) is 0 Å². The Bertz CT molecular complexity index is 827. The third kappa shape index (κ3) is 3.41. The van der Waals surface area contributed by atoms with Crippen LogP contribution in [-0.2, 0) is 10.0 Å². The number of aromatic carboxylic acids is 2. The first kappa shape index (κ1) is 15.5. The number of rotatable bonds is 5. The summed E-state index contributed by atoms with van der Waals surface area (Å²) in [6, 6.07) is 10.0. The van der Waals surface area contributed by atoms with Crippen molar-refractivity contribution in [1.82, 2.24) is 0 Å². The van der Waals surface area contributed by atoms with Crippen molar-refractivity contribution in [2.75, 3.05) is 4.72 Å². The molecule has 2 aromatic rings. The zero-order valence-corrected chi connectivity index (χ0v) is 11.9. The van der Waals surface area contributed by atoms with E-state index in [-0.39, 0.29) is 21.7 Å². The van der Waals surface area contributed by atoms with E-state index in [9.17, 15) is 18.0 Å². The maximum Gasteiger partial charge on any atom is 0.335 e. The number of hydrogen-bond donors (Lipinski definition) is 3. The van der Waals surface area contributed by atoms with Crippen LogP contribution in [0.4, 0.5) is 5.69 Å². The minimum Gasteiger partial charge on any atom is -0.478 e. The molecule has 0 aliphatic heterocycles. The minimum atomic E-state index is -3.93. The molecular weight excluding hydrogens is 310 g/mol. The van der Waals surface area contributed by atoms with Gasteiger partial charge < -0.3 is 10.2 Å². The molecule has 8 heteroatoms. The first-order valence-corrected chi connectivity index (χ1v) is 7.47. The summed E-state index contributed by atoms with van der Waals surface area (Å²) in [6.07, 6.45) is 0. The van der Waals surface area contributed by atoms with Crippen LogP contribution in [0.5, 0.6) is 0 Å². The molecule has 0 bridgehead atoms. The highest BCUT2D eigenvalue weighted by atomic mass is 32.2. The molecule has 0 fully saturated rings. The summed E-state index contributed by atoms with van der Waals surface area (Å²) < 4.78 is 26.6. The molecule has 0 aliphatic rings. The highest BCUT2D eigenvalue weighted by Gasteiger charge is 2.15. The Morgan fingerprint density at radius 3 is 2.00 bits per heavy atom. The summed E-state index contributed by atoms with van der Waals surface area (Å²) in [5.74, 6) is -2.34. The van der Waals surface area contributed by atoms with Crippen LogP contribution in [0.15, 0.2) is 53.4 Å². The minimum absolute atomic E-state index is 0.0353. The quantitative estimate of drug-likeness (QED) is 0.773. The highest BCUT2D eigenvalue weighted by Crippen LogP contribution is 2.18. The van der Waals surface area contributed by atoms with E-state index in [1.165, 1.54) is 36.4 Å². The van der Waals surface area contributed by atoms with Crippen LogP contribution in [0, 0.1) is 0 Å². The second-order valence-corrected chi connectivity index (χ2v) is 6.00. The molecule has 2 rings (SSSR count). The lowest BCUT2D eigenvalue weighted by Gasteiger charge is -2.09. The van der Waals surface area contributed by atoms with Gasteiger partial charge in [-0.1, -0.05) is 6.07 Å². The molecule has 114 valence electrons. The van der Waals surface area contributed by atoms with Crippen LogP contribution in [0.3, 0.4) is 0 Å². The fourth-order valence-electron chi connectivity index (χ4n) is 1.71. The lowest BCUT2D eigenvalue weighted by atomic mass is 10.2. The maximum atomic E-state index is 12.2. The zero-order chi connectivity index (χ0) is 16.3. The lowest BCUT2D eigenvalue weighted by molar-refractivity contribution is 0.0686. The number of anilines is 1. The summed E-state index contributed by atoms with van der Waals surface area (Å²) in [7, 11) is -3.93. The van der Waals surface area contributed by atoms with Gasteiger partial charge in [0, 0.05) is 5.69 Å². The summed E-state index contributed by atoms with van der Waals surface area (Å²) in [6.45, 7) is 0. The Balaban J connectivity index is 2.29. The molecule has 3 N–H and O–H groups in total. The van der Waals surface area contributed by atoms with Gasteiger partial charge in [0.2, 0.25) is 0 Å². The molecule has 0 aliphatic carbocycles. The maximum absolute atomic E-state index is 12.2. The largest absolute Gasteiger partial charge is 0.478 e. The third-order valence-electron chi connectivity index (χ3n) is 2.77. The van der Waals surface area contributed by atoms with Crippen molar-refractivity contribution >= 4 is 27.6 Å². The Labute approximate surface area is 125 Å². The predicted octanol–water partition coefficient (Wildman–Crippen LogP) is 1.88. The zero-order valence-electron chi connectivity index (χ0n) is 11.1. The summed E-state index contributed by atoms with van der Waals surface area (Å²) in [5, 5.41) is 17.6. The number of hydrogen-bond acceptors (Lipinski definition) is 4. The van der Waals surface area contributed by atoms with Gasteiger partial charge in [-0.05, 0) is 42.5 Å². The van der Waals surface area contributed by atoms with E-state index in [1.807, 2.05) is 0 Å². The van der Waals surface area contributed by atoms with E-state index in [0.717, 1.165) is 12.1 Å². The molecule has 0 amide bonds. The molecule has 0 unspecified atom stereocenters. The van der Waals surface area contributed by atoms with Crippen LogP contribution in [-0.4, -0.2) is 30.6 Å². The molecule has 0 saturated heterocycles.